The summed E-state index contributed by atoms with van der Waals surface area (Å²) in [4.78, 5) is 28.2. The van der Waals surface area contributed by atoms with E-state index in [1.54, 1.807) is 11.9 Å². The van der Waals surface area contributed by atoms with E-state index in [0.29, 0.717) is 38.4 Å². The van der Waals surface area contributed by atoms with Crippen LogP contribution in [-0.4, -0.2) is 67.2 Å². The fraction of sp³-hybridized carbons (Fsp3) is 0.600. The lowest BCUT2D eigenvalue weighted by Crippen LogP contribution is -2.48. The lowest BCUT2D eigenvalue weighted by molar-refractivity contribution is 0.00317. The van der Waals surface area contributed by atoms with E-state index in [-0.39, 0.29) is 12.0 Å². The molecule has 1 unspecified atom stereocenters. The van der Waals surface area contributed by atoms with Crippen molar-refractivity contribution in [2.45, 2.75) is 37.2 Å². The van der Waals surface area contributed by atoms with Crippen LogP contribution in [0.15, 0.2) is 24.3 Å². The normalized spacial score (nSPS) is 25.4. The fourth-order valence-corrected chi connectivity index (χ4v) is 4.41. The Balaban J connectivity index is 1.41. The summed E-state index contributed by atoms with van der Waals surface area (Å²) in [6.45, 7) is 3.97. The minimum Gasteiger partial charge on any atom is -0.441 e. The van der Waals surface area contributed by atoms with Gasteiger partial charge in [-0.05, 0) is 43.0 Å². The molecular formula is C20H27N3O3. The van der Waals surface area contributed by atoms with Crippen LogP contribution < -0.4 is 5.32 Å². The molecule has 3 saturated heterocycles. The van der Waals surface area contributed by atoms with Crippen molar-refractivity contribution in [3.05, 3.63) is 35.4 Å². The summed E-state index contributed by atoms with van der Waals surface area (Å²) in [5.41, 5.74) is 1.62. The Morgan fingerprint density at radius 3 is 2.77 bits per heavy atom. The number of nitrogens with zero attached hydrogens (tertiary/aromatic N) is 2. The SMILES string of the molecule is CN1CC2(CCN(C(=O)c3cccc(C4CCCNC4)c3)CC2)OC1=O. The lowest BCUT2D eigenvalue weighted by Gasteiger charge is -2.37. The number of carbonyl (C=O) groups excluding carboxylic acids is 2. The van der Waals surface area contributed by atoms with Gasteiger partial charge in [0.2, 0.25) is 0 Å². The van der Waals surface area contributed by atoms with Crippen molar-refractivity contribution in [2.75, 3.05) is 39.8 Å². The first-order valence-corrected chi connectivity index (χ1v) is 9.60. The van der Waals surface area contributed by atoms with Crippen LogP contribution in [0.5, 0.6) is 0 Å². The van der Waals surface area contributed by atoms with Gasteiger partial charge in [0.15, 0.2) is 0 Å². The maximum atomic E-state index is 13.0. The zero-order valence-electron chi connectivity index (χ0n) is 15.4. The number of hydrogen-bond acceptors (Lipinski definition) is 4. The van der Waals surface area contributed by atoms with Crippen LogP contribution in [0.25, 0.3) is 0 Å². The van der Waals surface area contributed by atoms with Crippen molar-refractivity contribution in [1.29, 1.82) is 0 Å². The molecule has 3 aliphatic rings. The maximum Gasteiger partial charge on any atom is 0.410 e. The van der Waals surface area contributed by atoms with Gasteiger partial charge in [-0.3, -0.25) is 4.79 Å². The topological polar surface area (TPSA) is 61.9 Å². The number of benzene rings is 1. The fourth-order valence-electron chi connectivity index (χ4n) is 4.41. The number of nitrogens with one attached hydrogen (secondary N) is 1. The number of rotatable bonds is 2. The summed E-state index contributed by atoms with van der Waals surface area (Å²) in [7, 11) is 1.76. The van der Waals surface area contributed by atoms with Gasteiger partial charge in [-0.1, -0.05) is 12.1 Å². The third kappa shape index (κ3) is 3.30. The van der Waals surface area contributed by atoms with Gasteiger partial charge in [-0.25, -0.2) is 4.79 Å². The van der Waals surface area contributed by atoms with Gasteiger partial charge in [0, 0.05) is 45.1 Å². The summed E-state index contributed by atoms with van der Waals surface area (Å²) in [6, 6.07) is 8.10. The Morgan fingerprint density at radius 2 is 2.12 bits per heavy atom. The molecule has 6 nitrogen and oxygen atoms in total. The van der Waals surface area contributed by atoms with Gasteiger partial charge in [-0.2, -0.15) is 0 Å². The molecule has 0 radical (unpaired) electrons. The summed E-state index contributed by atoms with van der Waals surface area (Å²) < 4.78 is 5.58. The van der Waals surface area contributed by atoms with Gasteiger partial charge in [0.05, 0.1) is 6.54 Å². The standard InChI is InChI=1S/C20H27N3O3/c1-22-14-20(26-19(22)25)7-10-23(11-8-20)18(24)16-5-2-4-15(12-16)17-6-3-9-21-13-17/h2,4-5,12,17,21H,3,6-11,13-14H2,1H3. The van der Waals surface area contributed by atoms with Crippen molar-refractivity contribution >= 4 is 12.0 Å². The van der Waals surface area contributed by atoms with Crippen molar-refractivity contribution in [2.24, 2.45) is 0 Å². The molecule has 3 heterocycles. The van der Waals surface area contributed by atoms with Gasteiger partial charge < -0.3 is 19.9 Å². The van der Waals surface area contributed by atoms with E-state index in [1.165, 1.54) is 18.4 Å². The van der Waals surface area contributed by atoms with E-state index in [4.69, 9.17) is 4.74 Å². The Bertz CT molecular complexity index is 691. The maximum absolute atomic E-state index is 13.0. The van der Waals surface area contributed by atoms with E-state index in [0.717, 1.165) is 18.7 Å². The Morgan fingerprint density at radius 1 is 1.31 bits per heavy atom. The number of likely N-dealkylation sites (N-methyl/N-ethyl adjacent to an activating group) is 1. The van der Waals surface area contributed by atoms with Gasteiger partial charge in [0.25, 0.3) is 5.91 Å². The van der Waals surface area contributed by atoms with Crippen molar-refractivity contribution < 1.29 is 14.3 Å². The van der Waals surface area contributed by atoms with E-state index in [2.05, 4.69) is 17.4 Å². The van der Waals surface area contributed by atoms with E-state index in [9.17, 15) is 9.59 Å². The highest BCUT2D eigenvalue weighted by Crippen LogP contribution is 2.33. The minimum absolute atomic E-state index is 0.0862. The Kier molecular flexibility index (Phi) is 4.61. The molecule has 1 aromatic carbocycles. The molecule has 1 atom stereocenters. The van der Waals surface area contributed by atoms with E-state index >= 15 is 0 Å². The van der Waals surface area contributed by atoms with Crippen LogP contribution in [0.1, 0.15) is 47.5 Å². The first-order valence-electron chi connectivity index (χ1n) is 9.60. The molecule has 1 N–H and O–H groups in total. The molecule has 1 spiro atoms. The lowest BCUT2D eigenvalue weighted by atomic mass is 9.89. The third-order valence-corrected chi connectivity index (χ3v) is 6.00. The Labute approximate surface area is 154 Å². The second kappa shape index (κ2) is 6.91. The van der Waals surface area contributed by atoms with E-state index < -0.39 is 5.60 Å². The molecule has 26 heavy (non-hydrogen) atoms. The molecule has 1 aromatic rings. The van der Waals surface area contributed by atoms with Crippen LogP contribution in [0, 0.1) is 0 Å². The summed E-state index contributed by atoms with van der Waals surface area (Å²) >= 11 is 0. The predicted octanol–water partition coefficient (Wildman–Crippen LogP) is 2.21. The first kappa shape index (κ1) is 17.3. The number of likely N-dealkylation sites (tertiary alicyclic amines) is 1. The average Bonchev–Trinajstić information content (AvgIpc) is 2.96. The van der Waals surface area contributed by atoms with Crippen LogP contribution in [0.3, 0.4) is 0 Å². The molecule has 0 saturated carbocycles. The number of hydrogen-bond donors (Lipinski definition) is 1. The summed E-state index contributed by atoms with van der Waals surface area (Å²) in [5, 5.41) is 3.44. The molecule has 0 aromatic heterocycles. The molecule has 0 aliphatic carbocycles. The zero-order chi connectivity index (χ0) is 18.1. The highest BCUT2D eigenvalue weighted by Gasteiger charge is 2.46. The second-order valence-corrected chi connectivity index (χ2v) is 7.87. The number of piperidine rings is 2. The van der Waals surface area contributed by atoms with Gasteiger partial charge >= 0.3 is 6.09 Å². The highest BCUT2D eigenvalue weighted by molar-refractivity contribution is 5.94. The minimum atomic E-state index is -0.405. The Hall–Kier alpha value is -2.08. The zero-order valence-corrected chi connectivity index (χ0v) is 15.4. The summed E-state index contributed by atoms with van der Waals surface area (Å²) in [6.07, 6.45) is 3.53. The molecule has 3 fully saturated rings. The van der Waals surface area contributed by atoms with Crippen molar-refractivity contribution in [3.8, 4) is 0 Å². The largest absolute Gasteiger partial charge is 0.441 e. The third-order valence-electron chi connectivity index (χ3n) is 6.00. The van der Waals surface area contributed by atoms with Crippen LogP contribution in [0.4, 0.5) is 4.79 Å². The number of carbonyl (C=O) groups is 2. The summed E-state index contributed by atoms with van der Waals surface area (Å²) in [5.74, 6) is 0.581. The quantitative estimate of drug-likeness (QED) is 0.882. The monoisotopic (exact) mass is 357 g/mol. The van der Waals surface area contributed by atoms with Crippen LogP contribution in [0.2, 0.25) is 0 Å². The molecule has 140 valence electrons. The molecule has 2 amide bonds. The van der Waals surface area contributed by atoms with Gasteiger partial charge in [0.1, 0.15) is 5.60 Å². The highest BCUT2D eigenvalue weighted by atomic mass is 16.6. The van der Waals surface area contributed by atoms with Crippen molar-refractivity contribution in [1.82, 2.24) is 15.1 Å². The number of ether oxygens (including phenoxy) is 1. The first-order chi connectivity index (χ1) is 12.6. The average molecular weight is 357 g/mol. The molecule has 4 rings (SSSR count). The second-order valence-electron chi connectivity index (χ2n) is 7.87. The van der Waals surface area contributed by atoms with Gasteiger partial charge in [-0.15, -0.1) is 0 Å². The number of amides is 2. The predicted molar refractivity (Wildman–Crippen MR) is 98.3 cm³/mol. The smallest absolute Gasteiger partial charge is 0.410 e. The molecule has 0 bridgehead atoms. The van der Waals surface area contributed by atoms with Crippen LogP contribution in [-0.2, 0) is 4.74 Å². The molecule has 6 heteroatoms. The molecule has 3 aliphatic heterocycles. The van der Waals surface area contributed by atoms with E-state index in [1.807, 2.05) is 17.0 Å². The van der Waals surface area contributed by atoms with Crippen molar-refractivity contribution in [3.63, 3.8) is 0 Å². The molecular weight excluding hydrogens is 330 g/mol. The van der Waals surface area contributed by atoms with Crippen LogP contribution >= 0.6 is 0 Å².